The first-order valence-corrected chi connectivity index (χ1v) is 7.84. The Morgan fingerprint density at radius 1 is 1.19 bits per heavy atom. The molecular weight excluding hydrogens is 262 g/mol. The van der Waals surface area contributed by atoms with Gasteiger partial charge in [0.15, 0.2) is 0 Å². The van der Waals surface area contributed by atoms with Gasteiger partial charge in [0.1, 0.15) is 0 Å². The summed E-state index contributed by atoms with van der Waals surface area (Å²) in [5.41, 5.74) is 1.95. The van der Waals surface area contributed by atoms with Gasteiger partial charge in [-0.15, -0.1) is 0 Å². The van der Waals surface area contributed by atoms with Gasteiger partial charge in [-0.05, 0) is 46.6 Å². The first-order valence-electron chi connectivity index (χ1n) is 7.84. The summed E-state index contributed by atoms with van der Waals surface area (Å²) in [7, 11) is 0. The van der Waals surface area contributed by atoms with Gasteiger partial charge in [0, 0.05) is 19.6 Å². The monoisotopic (exact) mass is 291 g/mol. The van der Waals surface area contributed by atoms with Crippen molar-refractivity contribution in [3.8, 4) is 0 Å². The van der Waals surface area contributed by atoms with E-state index in [-0.39, 0.29) is 17.3 Å². The molecule has 1 fully saturated rings. The summed E-state index contributed by atoms with van der Waals surface area (Å²) in [5.74, 6) is 0. The van der Waals surface area contributed by atoms with E-state index in [1.807, 2.05) is 12.1 Å². The van der Waals surface area contributed by atoms with Gasteiger partial charge >= 0.3 is 0 Å². The van der Waals surface area contributed by atoms with E-state index in [9.17, 15) is 5.11 Å². The summed E-state index contributed by atoms with van der Waals surface area (Å²) in [6, 6.07) is 8.14. The molecule has 1 aliphatic heterocycles. The maximum absolute atomic E-state index is 10.4. The molecule has 1 aromatic carbocycles. The highest BCUT2D eigenvalue weighted by molar-refractivity contribution is 5.23. The van der Waals surface area contributed by atoms with Crippen molar-refractivity contribution in [1.82, 2.24) is 4.90 Å². The maximum Gasteiger partial charge on any atom is 0.0802 e. The van der Waals surface area contributed by atoms with Gasteiger partial charge in [0.05, 0.1) is 17.3 Å². The molecule has 1 aromatic rings. The third-order valence-electron chi connectivity index (χ3n) is 3.91. The number of benzene rings is 1. The molecule has 1 atom stereocenters. The number of aliphatic hydroxyl groups is 1. The summed E-state index contributed by atoms with van der Waals surface area (Å²) >= 11 is 0. The molecule has 1 heterocycles. The zero-order valence-electron chi connectivity index (χ0n) is 14.0. The Balaban J connectivity index is 1.93. The third-order valence-corrected chi connectivity index (χ3v) is 3.91. The fourth-order valence-corrected chi connectivity index (χ4v) is 3.45. The van der Waals surface area contributed by atoms with Crippen LogP contribution in [0.5, 0.6) is 0 Å². The molecule has 118 valence electrons. The molecule has 0 aliphatic carbocycles. The lowest BCUT2D eigenvalue weighted by Crippen LogP contribution is -2.57. The van der Waals surface area contributed by atoms with E-state index in [1.54, 1.807) is 0 Å². The van der Waals surface area contributed by atoms with E-state index in [2.05, 4.69) is 51.7 Å². The van der Waals surface area contributed by atoms with Gasteiger partial charge in [-0.25, -0.2) is 0 Å². The van der Waals surface area contributed by atoms with Crippen LogP contribution in [0.2, 0.25) is 0 Å². The molecule has 0 bridgehead atoms. The minimum Gasteiger partial charge on any atom is -0.388 e. The average Bonchev–Trinajstić information content (AvgIpc) is 2.32. The Morgan fingerprint density at radius 3 is 2.38 bits per heavy atom. The number of aliphatic hydroxyl groups excluding tert-OH is 1. The SMILES string of the molecule is Cc1cccc(C(O)CCN2CC(C)(C)OC(C)(C)C2)c1. The number of ether oxygens (including phenoxy) is 1. The second kappa shape index (κ2) is 6.07. The normalized spacial score (nSPS) is 23.0. The third kappa shape index (κ3) is 4.80. The second-order valence-corrected chi connectivity index (χ2v) is 7.55. The highest BCUT2D eigenvalue weighted by Crippen LogP contribution is 2.29. The molecule has 0 spiro atoms. The maximum atomic E-state index is 10.4. The van der Waals surface area contributed by atoms with Crippen LogP contribution in [0.3, 0.4) is 0 Å². The molecule has 1 saturated heterocycles. The van der Waals surface area contributed by atoms with E-state index in [0.29, 0.717) is 0 Å². The van der Waals surface area contributed by atoms with Crippen LogP contribution in [0.1, 0.15) is 51.3 Å². The van der Waals surface area contributed by atoms with E-state index < -0.39 is 0 Å². The highest BCUT2D eigenvalue weighted by atomic mass is 16.5. The molecule has 1 unspecified atom stereocenters. The highest BCUT2D eigenvalue weighted by Gasteiger charge is 2.37. The van der Waals surface area contributed by atoms with Crippen molar-refractivity contribution >= 4 is 0 Å². The quantitative estimate of drug-likeness (QED) is 0.924. The molecule has 1 N–H and O–H groups in total. The predicted molar refractivity (Wildman–Crippen MR) is 86.4 cm³/mol. The predicted octanol–water partition coefficient (Wildman–Crippen LogP) is 3.31. The fourth-order valence-electron chi connectivity index (χ4n) is 3.45. The first-order chi connectivity index (χ1) is 9.67. The lowest BCUT2D eigenvalue weighted by atomic mass is 9.98. The Labute approximate surface area is 128 Å². The molecule has 0 radical (unpaired) electrons. The smallest absolute Gasteiger partial charge is 0.0802 e. The number of rotatable bonds is 4. The van der Waals surface area contributed by atoms with Crippen LogP contribution in [0.4, 0.5) is 0 Å². The minimum atomic E-state index is -0.390. The number of morpholine rings is 1. The topological polar surface area (TPSA) is 32.7 Å². The van der Waals surface area contributed by atoms with Crippen molar-refractivity contribution in [2.45, 2.75) is 58.3 Å². The molecule has 1 aliphatic rings. The van der Waals surface area contributed by atoms with Crippen molar-refractivity contribution in [2.24, 2.45) is 0 Å². The Hall–Kier alpha value is -0.900. The number of nitrogens with zero attached hydrogens (tertiary/aromatic N) is 1. The summed E-state index contributed by atoms with van der Waals surface area (Å²) in [5, 5.41) is 10.4. The fraction of sp³-hybridized carbons (Fsp3) is 0.667. The Kier molecular flexibility index (Phi) is 4.76. The van der Waals surface area contributed by atoms with Crippen molar-refractivity contribution in [3.05, 3.63) is 35.4 Å². The summed E-state index contributed by atoms with van der Waals surface area (Å²) in [4.78, 5) is 2.41. The van der Waals surface area contributed by atoms with Crippen LogP contribution in [-0.2, 0) is 4.74 Å². The van der Waals surface area contributed by atoms with Crippen molar-refractivity contribution in [2.75, 3.05) is 19.6 Å². The first kappa shape index (κ1) is 16.5. The lowest BCUT2D eigenvalue weighted by molar-refractivity contribution is -0.181. The average molecular weight is 291 g/mol. The number of hydrogen-bond acceptors (Lipinski definition) is 3. The van der Waals surface area contributed by atoms with Crippen LogP contribution >= 0.6 is 0 Å². The van der Waals surface area contributed by atoms with E-state index in [0.717, 1.165) is 31.6 Å². The van der Waals surface area contributed by atoms with Crippen LogP contribution < -0.4 is 0 Å². The molecule has 0 saturated carbocycles. The van der Waals surface area contributed by atoms with Gasteiger partial charge in [-0.2, -0.15) is 0 Å². The molecule has 0 aromatic heterocycles. The van der Waals surface area contributed by atoms with Crippen LogP contribution in [0.25, 0.3) is 0 Å². The van der Waals surface area contributed by atoms with Crippen LogP contribution in [-0.4, -0.2) is 40.8 Å². The van der Waals surface area contributed by atoms with Crippen LogP contribution in [0.15, 0.2) is 24.3 Å². The summed E-state index contributed by atoms with van der Waals surface area (Å²) in [6.07, 6.45) is 0.370. The zero-order chi connectivity index (χ0) is 15.7. The molecule has 0 amide bonds. The van der Waals surface area contributed by atoms with Crippen LogP contribution in [0, 0.1) is 6.92 Å². The van der Waals surface area contributed by atoms with Crippen molar-refractivity contribution in [1.29, 1.82) is 0 Å². The van der Waals surface area contributed by atoms with Crippen molar-refractivity contribution < 1.29 is 9.84 Å². The van der Waals surface area contributed by atoms with Gasteiger partial charge in [0.25, 0.3) is 0 Å². The van der Waals surface area contributed by atoms with E-state index >= 15 is 0 Å². The second-order valence-electron chi connectivity index (χ2n) is 7.55. The molecule has 2 rings (SSSR count). The molecule has 21 heavy (non-hydrogen) atoms. The van der Waals surface area contributed by atoms with E-state index in [1.165, 1.54) is 5.56 Å². The minimum absolute atomic E-state index is 0.129. The van der Waals surface area contributed by atoms with Gasteiger partial charge in [-0.1, -0.05) is 29.8 Å². The Bertz CT molecular complexity index is 466. The van der Waals surface area contributed by atoms with E-state index in [4.69, 9.17) is 4.74 Å². The van der Waals surface area contributed by atoms with Crippen molar-refractivity contribution in [3.63, 3.8) is 0 Å². The lowest BCUT2D eigenvalue weighted by Gasteiger charge is -2.47. The largest absolute Gasteiger partial charge is 0.388 e. The standard InChI is InChI=1S/C18H29NO2/c1-14-7-6-8-15(11-14)16(20)9-10-19-12-17(2,3)21-18(4,5)13-19/h6-8,11,16,20H,9-10,12-13H2,1-5H3. The number of aryl methyl sites for hydroxylation is 1. The summed E-state index contributed by atoms with van der Waals surface area (Å²) < 4.78 is 6.09. The molecule has 3 nitrogen and oxygen atoms in total. The van der Waals surface area contributed by atoms with Gasteiger partial charge < -0.3 is 9.84 Å². The molecular formula is C18H29NO2. The zero-order valence-corrected chi connectivity index (χ0v) is 14.0. The van der Waals surface area contributed by atoms with Gasteiger partial charge in [0.2, 0.25) is 0 Å². The number of hydrogen-bond donors (Lipinski definition) is 1. The Morgan fingerprint density at radius 2 is 1.81 bits per heavy atom. The molecule has 3 heteroatoms. The summed E-state index contributed by atoms with van der Waals surface area (Å²) in [6.45, 7) is 13.3. The van der Waals surface area contributed by atoms with Gasteiger partial charge in [-0.3, -0.25) is 4.90 Å².